The Morgan fingerprint density at radius 2 is 2.06 bits per heavy atom. The molecule has 1 aliphatic heterocycles. The minimum absolute atomic E-state index is 0.194. The summed E-state index contributed by atoms with van der Waals surface area (Å²) in [5, 5.41) is 9.13. The number of nitrogens with two attached hydrogens (primary N) is 1. The summed E-state index contributed by atoms with van der Waals surface area (Å²) in [7, 11) is 0. The Balaban J connectivity index is 2.76. The quantitative estimate of drug-likeness (QED) is 0.744. The number of carbonyl (C=O) groups is 2. The number of nitrogens with zero attached hydrogens (tertiary/aromatic N) is 1. The second-order valence-corrected chi connectivity index (χ2v) is 5.24. The van der Waals surface area contributed by atoms with Crippen molar-refractivity contribution in [3.05, 3.63) is 0 Å². The SMILES string of the molecule is CC(C)(C)OC(=O)N1CC[C@H](CN)[C@H]1C(=O)O. The Hall–Kier alpha value is -1.30. The second-order valence-electron chi connectivity index (χ2n) is 5.24. The van der Waals surface area contributed by atoms with Crippen LogP contribution in [-0.2, 0) is 9.53 Å². The van der Waals surface area contributed by atoms with E-state index in [0.717, 1.165) is 0 Å². The van der Waals surface area contributed by atoms with Crippen LogP contribution in [0.1, 0.15) is 27.2 Å². The molecule has 1 aliphatic rings. The van der Waals surface area contributed by atoms with Gasteiger partial charge in [0.25, 0.3) is 0 Å². The first-order valence-electron chi connectivity index (χ1n) is 5.68. The van der Waals surface area contributed by atoms with Crippen LogP contribution < -0.4 is 5.73 Å². The Morgan fingerprint density at radius 3 is 2.47 bits per heavy atom. The molecule has 0 aromatic rings. The van der Waals surface area contributed by atoms with Crippen LogP contribution in [0.3, 0.4) is 0 Å². The van der Waals surface area contributed by atoms with Gasteiger partial charge in [0.15, 0.2) is 0 Å². The molecule has 0 radical (unpaired) electrons. The van der Waals surface area contributed by atoms with Gasteiger partial charge in [0.1, 0.15) is 11.6 Å². The molecule has 1 fully saturated rings. The van der Waals surface area contributed by atoms with Crippen LogP contribution in [0.25, 0.3) is 0 Å². The van der Waals surface area contributed by atoms with E-state index in [4.69, 9.17) is 15.6 Å². The maximum Gasteiger partial charge on any atom is 0.411 e. The summed E-state index contributed by atoms with van der Waals surface area (Å²) in [6, 6.07) is -0.866. The number of aliphatic carboxylic acids is 1. The Morgan fingerprint density at radius 1 is 1.47 bits per heavy atom. The van der Waals surface area contributed by atoms with Crippen LogP contribution in [0.4, 0.5) is 4.79 Å². The molecular weight excluding hydrogens is 224 g/mol. The summed E-state index contributed by atoms with van der Waals surface area (Å²) in [5.41, 5.74) is 4.89. The molecule has 0 spiro atoms. The van der Waals surface area contributed by atoms with Gasteiger partial charge >= 0.3 is 12.1 Å². The number of carboxylic acid groups (broad SMARTS) is 1. The van der Waals surface area contributed by atoms with E-state index in [1.54, 1.807) is 20.8 Å². The van der Waals surface area contributed by atoms with Gasteiger partial charge in [0, 0.05) is 12.5 Å². The molecule has 98 valence electrons. The highest BCUT2D eigenvalue weighted by Crippen LogP contribution is 2.25. The molecule has 2 atom stereocenters. The third kappa shape index (κ3) is 3.33. The zero-order chi connectivity index (χ0) is 13.2. The molecule has 17 heavy (non-hydrogen) atoms. The van der Waals surface area contributed by atoms with Crippen LogP contribution in [0, 0.1) is 5.92 Å². The highest BCUT2D eigenvalue weighted by Gasteiger charge is 2.42. The molecule has 0 unspecified atom stereocenters. The van der Waals surface area contributed by atoms with Gasteiger partial charge in [-0.3, -0.25) is 4.90 Å². The molecule has 1 saturated heterocycles. The predicted molar refractivity (Wildman–Crippen MR) is 61.5 cm³/mol. The summed E-state index contributed by atoms with van der Waals surface area (Å²) in [6.45, 7) is 5.88. The summed E-state index contributed by atoms with van der Waals surface area (Å²) in [5.74, 6) is -1.22. The summed E-state index contributed by atoms with van der Waals surface area (Å²) in [6.07, 6.45) is 0.0213. The third-order valence-corrected chi connectivity index (χ3v) is 2.71. The highest BCUT2D eigenvalue weighted by molar-refractivity contribution is 5.81. The lowest BCUT2D eigenvalue weighted by molar-refractivity contribution is -0.143. The molecule has 3 N–H and O–H groups in total. The number of rotatable bonds is 2. The molecule has 6 heteroatoms. The van der Waals surface area contributed by atoms with Crippen molar-refractivity contribution in [2.45, 2.75) is 38.8 Å². The molecule has 1 rings (SSSR count). The molecule has 1 heterocycles. The summed E-state index contributed by atoms with van der Waals surface area (Å²) < 4.78 is 5.18. The molecule has 0 aliphatic carbocycles. The van der Waals surface area contributed by atoms with Crippen molar-refractivity contribution >= 4 is 12.1 Å². The zero-order valence-corrected chi connectivity index (χ0v) is 10.5. The number of hydrogen-bond donors (Lipinski definition) is 2. The Kier molecular flexibility index (Phi) is 3.98. The van der Waals surface area contributed by atoms with Gasteiger partial charge in [0.2, 0.25) is 0 Å². The van der Waals surface area contributed by atoms with Crippen molar-refractivity contribution in [2.75, 3.05) is 13.1 Å². The van der Waals surface area contributed by atoms with E-state index in [9.17, 15) is 9.59 Å². The lowest BCUT2D eigenvalue weighted by atomic mass is 10.0. The van der Waals surface area contributed by atoms with Gasteiger partial charge in [-0.2, -0.15) is 0 Å². The van der Waals surface area contributed by atoms with Gasteiger partial charge in [0.05, 0.1) is 0 Å². The number of hydrogen-bond acceptors (Lipinski definition) is 4. The Labute approximate surface area is 101 Å². The molecule has 0 aromatic carbocycles. The average Bonchev–Trinajstić information content (AvgIpc) is 2.57. The number of ether oxygens (including phenoxy) is 1. The van der Waals surface area contributed by atoms with Crippen LogP contribution >= 0.6 is 0 Å². The first-order chi connectivity index (χ1) is 7.76. The van der Waals surface area contributed by atoms with E-state index >= 15 is 0 Å². The van der Waals surface area contributed by atoms with Crippen molar-refractivity contribution in [1.29, 1.82) is 0 Å². The van der Waals surface area contributed by atoms with Crippen LogP contribution in [-0.4, -0.2) is 46.8 Å². The number of carboxylic acids is 1. The van der Waals surface area contributed by atoms with Crippen molar-refractivity contribution in [2.24, 2.45) is 11.7 Å². The van der Waals surface area contributed by atoms with Gasteiger partial charge in [-0.15, -0.1) is 0 Å². The van der Waals surface area contributed by atoms with Crippen molar-refractivity contribution in [3.63, 3.8) is 0 Å². The van der Waals surface area contributed by atoms with Crippen molar-refractivity contribution < 1.29 is 19.4 Å². The lowest BCUT2D eigenvalue weighted by Gasteiger charge is -2.28. The summed E-state index contributed by atoms with van der Waals surface area (Å²) in [4.78, 5) is 24.2. The van der Waals surface area contributed by atoms with Crippen LogP contribution in [0.15, 0.2) is 0 Å². The Bertz CT molecular complexity index is 311. The minimum Gasteiger partial charge on any atom is -0.480 e. The van der Waals surface area contributed by atoms with E-state index in [-0.39, 0.29) is 12.5 Å². The topological polar surface area (TPSA) is 92.9 Å². The van der Waals surface area contributed by atoms with Gasteiger partial charge in [-0.1, -0.05) is 0 Å². The molecule has 0 aromatic heterocycles. The van der Waals surface area contributed by atoms with Crippen LogP contribution in [0.5, 0.6) is 0 Å². The molecular formula is C11H20N2O4. The maximum absolute atomic E-state index is 11.8. The van der Waals surface area contributed by atoms with E-state index in [1.807, 2.05) is 0 Å². The zero-order valence-electron chi connectivity index (χ0n) is 10.5. The first kappa shape index (κ1) is 13.8. The van der Waals surface area contributed by atoms with E-state index in [0.29, 0.717) is 13.0 Å². The maximum atomic E-state index is 11.8. The lowest BCUT2D eigenvalue weighted by Crippen LogP contribution is -2.46. The standard InChI is InChI=1S/C11H20N2O4/c1-11(2,3)17-10(16)13-5-4-7(6-12)8(13)9(14)15/h7-8H,4-6,12H2,1-3H3,(H,14,15)/t7-,8+/m1/s1. The van der Waals surface area contributed by atoms with Gasteiger partial charge in [-0.05, 0) is 33.7 Å². The molecule has 0 saturated carbocycles. The van der Waals surface area contributed by atoms with Crippen molar-refractivity contribution in [3.8, 4) is 0 Å². The monoisotopic (exact) mass is 244 g/mol. The average molecular weight is 244 g/mol. The molecule has 0 bridgehead atoms. The van der Waals surface area contributed by atoms with Gasteiger partial charge in [-0.25, -0.2) is 9.59 Å². The largest absolute Gasteiger partial charge is 0.480 e. The number of likely N-dealkylation sites (tertiary alicyclic amines) is 1. The van der Waals surface area contributed by atoms with E-state index < -0.39 is 23.7 Å². The fourth-order valence-corrected chi connectivity index (χ4v) is 1.96. The first-order valence-corrected chi connectivity index (χ1v) is 5.68. The fourth-order valence-electron chi connectivity index (χ4n) is 1.96. The predicted octanol–water partition coefficient (Wildman–Crippen LogP) is 0.655. The second kappa shape index (κ2) is 4.91. The highest BCUT2D eigenvalue weighted by atomic mass is 16.6. The van der Waals surface area contributed by atoms with Gasteiger partial charge < -0.3 is 15.6 Å². The van der Waals surface area contributed by atoms with Crippen molar-refractivity contribution in [1.82, 2.24) is 4.90 Å². The number of amides is 1. The molecule has 1 amide bonds. The minimum atomic E-state index is -1.02. The summed E-state index contributed by atoms with van der Waals surface area (Å²) >= 11 is 0. The van der Waals surface area contributed by atoms with E-state index in [1.165, 1.54) is 4.90 Å². The van der Waals surface area contributed by atoms with Crippen LogP contribution in [0.2, 0.25) is 0 Å². The number of carbonyl (C=O) groups excluding carboxylic acids is 1. The fraction of sp³-hybridized carbons (Fsp3) is 0.818. The normalized spacial score (nSPS) is 24.8. The van der Waals surface area contributed by atoms with E-state index in [2.05, 4.69) is 0 Å². The smallest absolute Gasteiger partial charge is 0.411 e. The molecule has 6 nitrogen and oxygen atoms in total. The third-order valence-electron chi connectivity index (χ3n) is 2.71.